The topological polar surface area (TPSA) is 59.0 Å². The molecule has 11 heteroatoms. The summed E-state index contributed by atoms with van der Waals surface area (Å²) in [6.45, 7) is 1.85. The summed E-state index contributed by atoms with van der Waals surface area (Å²) in [5.74, 6) is -1.10. The molecule has 0 bridgehead atoms. The van der Waals surface area contributed by atoms with E-state index in [-0.39, 0.29) is 12.2 Å². The molecule has 0 spiro atoms. The number of anilines is 2. The lowest BCUT2D eigenvalue weighted by Gasteiger charge is -2.33. The Labute approximate surface area is 184 Å². The van der Waals surface area contributed by atoms with Crippen molar-refractivity contribution in [2.75, 3.05) is 10.6 Å². The van der Waals surface area contributed by atoms with E-state index >= 15 is 0 Å². The van der Waals surface area contributed by atoms with E-state index in [1.54, 1.807) is 24.3 Å². The van der Waals surface area contributed by atoms with Crippen LogP contribution in [0.1, 0.15) is 45.7 Å². The SMILES string of the molecule is Cc1ccc([C@@H]2C[C@@H](C(F)(F)F)n3nc(C(=O)Nc4ccccc4C(F)(F)F)cc3N2)cc1. The van der Waals surface area contributed by atoms with Crippen LogP contribution in [-0.4, -0.2) is 21.9 Å². The number of halogens is 6. The van der Waals surface area contributed by atoms with Gasteiger partial charge >= 0.3 is 12.4 Å². The molecule has 1 aliphatic heterocycles. The van der Waals surface area contributed by atoms with Crippen LogP contribution >= 0.6 is 0 Å². The molecule has 0 radical (unpaired) electrons. The molecule has 0 unspecified atom stereocenters. The fourth-order valence-corrected chi connectivity index (χ4v) is 3.73. The van der Waals surface area contributed by atoms with Crippen molar-refractivity contribution >= 4 is 17.4 Å². The summed E-state index contributed by atoms with van der Waals surface area (Å²) < 4.78 is 81.6. The monoisotopic (exact) mass is 468 g/mol. The predicted octanol–water partition coefficient (Wildman–Crippen LogP) is 6.12. The lowest BCUT2D eigenvalue weighted by molar-refractivity contribution is -0.173. The van der Waals surface area contributed by atoms with E-state index < -0.39 is 47.3 Å². The summed E-state index contributed by atoms with van der Waals surface area (Å²) in [5.41, 5.74) is -0.447. The van der Waals surface area contributed by atoms with Crippen LogP contribution in [0.3, 0.4) is 0 Å². The van der Waals surface area contributed by atoms with Gasteiger partial charge in [-0.1, -0.05) is 42.0 Å². The molecular weight excluding hydrogens is 450 g/mol. The smallest absolute Gasteiger partial charge is 0.363 e. The van der Waals surface area contributed by atoms with Gasteiger partial charge in [-0.3, -0.25) is 4.79 Å². The van der Waals surface area contributed by atoms with Crippen LogP contribution in [0.5, 0.6) is 0 Å². The van der Waals surface area contributed by atoms with Crippen molar-refractivity contribution in [2.24, 2.45) is 0 Å². The molecule has 1 aliphatic rings. The van der Waals surface area contributed by atoms with Crippen LogP contribution in [0.15, 0.2) is 54.6 Å². The largest absolute Gasteiger partial charge is 0.418 e. The second-order valence-electron chi connectivity index (χ2n) is 7.76. The number of aromatic nitrogens is 2. The number of carbonyl (C=O) groups excluding carboxylic acids is 1. The number of benzene rings is 2. The first kappa shape index (κ1) is 22.7. The Morgan fingerprint density at radius 1 is 1.06 bits per heavy atom. The Bertz CT molecular complexity index is 1170. The number of aryl methyl sites for hydroxylation is 1. The molecular formula is C22H18F6N4O. The third-order valence-corrected chi connectivity index (χ3v) is 5.38. The van der Waals surface area contributed by atoms with Gasteiger partial charge in [0.15, 0.2) is 11.7 Å². The third kappa shape index (κ3) is 4.67. The Balaban J connectivity index is 1.65. The lowest BCUT2D eigenvalue weighted by Crippen LogP contribution is -2.35. The highest BCUT2D eigenvalue weighted by Gasteiger charge is 2.47. The number of hydrogen-bond donors (Lipinski definition) is 2. The molecule has 174 valence electrons. The van der Waals surface area contributed by atoms with E-state index in [1.807, 2.05) is 6.92 Å². The Morgan fingerprint density at radius 2 is 1.73 bits per heavy atom. The fourth-order valence-electron chi connectivity index (χ4n) is 3.73. The van der Waals surface area contributed by atoms with Gasteiger partial charge in [0.1, 0.15) is 5.82 Å². The number of nitrogens with one attached hydrogen (secondary N) is 2. The average Bonchev–Trinajstić information content (AvgIpc) is 3.17. The van der Waals surface area contributed by atoms with Gasteiger partial charge in [0.05, 0.1) is 17.3 Å². The van der Waals surface area contributed by atoms with E-state index in [9.17, 15) is 31.1 Å². The van der Waals surface area contributed by atoms with Crippen molar-refractivity contribution in [1.82, 2.24) is 9.78 Å². The summed E-state index contributed by atoms with van der Waals surface area (Å²) in [4.78, 5) is 12.6. The first-order valence-electron chi connectivity index (χ1n) is 9.90. The molecule has 0 saturated carbocycles. The number of fused-ring (bicyclic) bond motifs is 1. The van der Waals surface area contributed by atoms with Crippen molar-refractivity contribution in [2.45, 2.75) is 37.8 Å². The number of alkyl halides is 6. The Kier molecular flexibility index (Phi) is 5.59. The van der Waals surface area contributed by atoms with Crippen molar-refractivity contribution in [1.29, 1.82) is 0 Å². The summed E-state index contributed by atoms with van der Waals surface area (Å²) in [5, 5.41) is 8.82. The van der Waals surface area contributed by atoms with Gasteiger partial charge in [-0.05, 0) is 24.6 Å². The molecule has 0 aliphatic carbocycles. The van der Waals surface area contributed by atoms with Crippen LogP contribution in [-0.2, 0) is 6.18 Å². The molecule has 2 atom stereocenters. The van der Waals surface area contributed by atoms with Gasteiger partial charge < -0.3 is 10.6 Å². The number of amides is 1. The quantitative estimate of drug-likeness (QED) is 0.455. The zero-order valence-electron chi connectivity index (χ0n) is 17.1. The van der Waals surface area contributed by atoms with Crippen LogP contribution < -0.4 is 10.6 Å². The molecule has 0 saturated heterocycles. The van der Waals surface area contributed by atoms with Gasteiger partial charge in [-0.2, -0.15) is 31.4 Å². The molecule has 4 rings (SSSR count). The zero-order valence-corrected chi connectivity index (χ0v) is 17.1. The van der Waals surface area contributed by atoms with Gasteiger partial charge in [-0.15, -0.1) is 0 Å². The van der Waals surface area contributed by atoms with E-state index in [2.05, 4.69) is 15.7 Å². The van der Waals surface area contributed by atoms with Gasteiger partial charge in [0.2, 0.25) is 0 Å². The van der Waals surface area contributed by atoms with Crippen LogP contribution in [0.25, 0.3) is 0 Å². The average molecular weight is 468 g/mol. The Hall–Kier alpha value is -3.50. The standard InChI is InChI=1S/C22H18F6N4O/c1-12-6-8-13(9-7-12)16-10-18(22(26,27)28)32-19(29-16)11-17(31-32)20(33)30-15-5-3-2-4-14(15)21(23,24)25/h2-9,11,16,18,29H,10H2,1H3,(H,30,33)/t16-,18-/m0/s1. The third-order valence-electron chi connectivity index (χ3n) is 5.38. The number of rotatable bonds is 3. The summed E-state index contributed by atoms with van der Waals surface area (Å²) in [6, 6.07) is 9.71. The van der Waals surface area contributed by atoms with Crippen molar-refractivity contribution in [3.05, 3.63) is 77.0 Å². The highest BCUT2D eigenvalue weighted by Crippen LogP contribution is 2.43. The first-order chi connectivity index (χ1) is 15.4. The van der Waals surface area contributed by atoms with E-state index in [1.165, 1.54) is 6.07 Å². The molecule has 2 aromatic carbocycles. The van der Waals surface area contributed by atoms with E-state index in [0.29, 0.717) is 10.2 Å². The molecule has 0 fully saturated rings. The summed E-state index contributed by atoms with van der Waals surface area (Å²) >= 11 is 0. The van der Waals surface area contributed by atoms with Gasteiger partial charge in [0.25, 0.3) is 5.91 Å². The number of para-hydroxylation sites is 1. The minimum Gasteiger partial charge on any atom is -0.363 e. The van der Waals surface area contributed by atoms with Crippen molar-refractivity contribution in [3.63, 3.8) is 0 Å². The maximum absolute atomic E-state index is 13.8. The minimum absolute atomic E-state index is 0.0524. The maximum Gasteiger partial charge on any atom is 0.418 e. The second-order valence-corrected chi connectivity index (χ2v) is 7.76. The van der Waals surface area contributed by atoms with Crippen molar-refractivity contribution in [3.8, 4) is 0 Å². The van der Waals surface area contributed by atoms with Crippen LogP contribution in [0.2, 0.25) is 0 Å². The number of carbonyl (C=O) groups is 1. The van der Waals surface area contributed by atoms with Crippen molar-refractivity contribution < 1.29 is 31.1 Å². The lowest BCUT2D eigenvalue weighted by atomic mass is 9.96. The first-order valence-corrected chi connectivity index (χ1v) is 9.90. The second kappa shape index (κ2) is 8.13. The van der Waals surface area contributed by atoms with E-state index in [4.69, 9.17) is 0 Å². The highest BCUT2D eigenvalue weighted by molar-refractivity contribution is 6.03. The molecule has 1 aromatic heterocycles. The predicted molar refractivity (Wildman–Crippen MR) is 109 cm³/mol. The molecule has 5 nitrogen and oxygen atoms in total. The molecule has 2 N–H and O–H groups in total. The van der Waals surface area contributed by atoms with Gasteiger partial charge in [-0.25, -0.2) is 4.68 Å². The minimum atomic E-state index is -4.72. The van der Waals surface area contributed by atoms with Crippen LogP contribution in [0.4, 0.5) is 37.8 Å². The molecule has 33 heavy (non-hydrogen) atoms. The number of hydrogen-bond acceptors (Lipinski definition) is 3. The van der Waals surface area contributed by atoms with Gasteiger partial charge in [0, 0.05) is 12.5 Å². The molecule has 1 amide bonds. The van der Waals surface area contributed by atoms with E-state index in [0.717, 1.165) is 29.8 Å². The highest BCUT2D eigenvalue weighted by atomic mass is 19.4. The zero-order chi connectivity index (χ0) is 24.0. The Morgan fingerprint density at radius 3 is 2.36 bits per heavy atom. The summed E-state index contributed by atoms with van der Waals surface area (Å²) in [7, 11) is 0. The molecule has 3 aromatic rings. The maximum atomic E-state index is 13.8. The molecule has 2 heterocycles. The normalized spacial score (nSPS) is 18.4. The fraction of sp³-hybridized carbons (Fsp3) is 0.273. The van der Waals surface area contributed by atoms with Crippen LogP contribution in [0, 0.1) is 6.92 Å². The summed E-state index contributed by atoms with van der Waals surface area (Å²) in [6.07, 6.45) is -9.73. The number of nitrogens with zero attached hydrogens (tertiary/aromatic N) is 2.